The predicted molar refractivity (Wildman–Crippen MR) is 115 cm³/mol. The van der Waals surface area contributed by atoms with Crippen LogP contribution in [0.4, 0.5) is 0 Å². The molecule has 0 radical (unpaired) electrons. The van der Waals surface area contributed by atoms with Crippen LogP contribution in [-0.2, 0) is 4.84 Å². The average molecular weight is 431 g/mol. The molecule has 8 heteroatoms. The maximum absolute atomic E-state index is 6.14. The zero-order valence-corrected chi connectivity index (χ0v) is 18.1. The number of halogens is 1. The van der Waals surface area contributed by atoms with Crippen LogP contribution >= 0.6 is 34.7 Å². The molecule has 1 aliphatic rings. The number of amidine groups is 1. The van der Waals surface area contributed by atoms with Crippen LogP contribution in [0.2, 0.25) is 5.02 Å². The highest BCUT2D eigenvalue weighted by molar-refractivity contribution is 7.99. The summed E-state index contributed by atoms with van der Waals surface area (Å²) in [4.78, 5) is 14.1. The van der Waals surface area contributed by atoms with Gasteiger partial charge in [-0.2, -0.15) is 5.10 Å². The van der Waals surface area contributed by atoms with Crippen LogP contribution in [0.5, 0.6) is 0 Å². The molecule has 1 aromatic carbocycles. The molecule has 0 fully saturated rings. The van der Waals surface area contributed by atoms with Crippen molar-refractivity contribution in [1.29, 1.82) is 0 Å². The van der Waals surface area contributed by atoms with Gasteiger partial charge in [-0.3, -0.25) is 9.83 Å². The van der Waals surface area contributed by atoms with Crippen LogP contribution in [0.1, 0.15) is 32.6 Å². The lowest BCUT2D eigenvalue weighted by Crippen LogP contribution is -2.33. The lowest BCUT2D eigenvalue weighted by atomic mass is 10.1. The molecular formula is C20H19ClN4OS2. The van der Waals surface area contributed by atoms with E-state index in [2.05, 4.69) is 34.7 Å². The third kappa shape index (κ3) is 4.07. The smallest absolute Gasteiger partial charge is 0.156 e. The van der Waals surface area contributed by atoms with Crippen molar-refractivity contribution >= 4 is 40.5 Å². The van der Waals surface area contributed by atoms with Gasteiger partial charge in [0, 0.05) is 19.7 Å². The number of nitrogens with zero attached hydrogens (tertiary/aromatic N) is 3. The van der Waals surface area contributed by atoms with E-state index in [1.54, 1.807) is 11.3 Å². The number of aromatic nitrogens is 2. The first-order valence-electron chi connectivity index (χ1n) is 8.81. The Morgan fingerprint density at radius 1 is 1.18 bits per heavy atom. The fourth-order valence-electron chi connectivity index (χ4n) is 2.88. The van der Waals surface area contributed by atoms with E-state index in [0.29, 0.717) is 17.5 Å². The summed E-state index contributed by atoms with van der Waals surface area (Å²) in [5, 5.41) is 10.2. The van der Waals surface area contributed by atoms with Gasteiger partial charge in [0.15, 0.2) is 5.84 Å². The van der Waals surface area contributed by atoms with Gasteiger partial charge in [-0.25, -0.2) is 5.48 Å². The van der Waals surface area contributed by atoms with Crippen molar-refractivity contribution in [3.8, 4) is 0 Å². The number of aryl methyl sites for hydroxylation is 2. The monoisotopic (exact) mass is 430 g/mol. The molecule has 28 heavy (non-hydrogen) atoms. The van der Waals surface area contributed by atoms with Gasteiger partial charge in [0.05, 0.1) is 11.3 Å². The molecule has 0 unspecified atom stereocenters. The van der Waals surface area contributed by atoms with Gasteiger partial charge in [0.2, 0.25) is 0 Å². The highest BCUT2D eigenvalue weighted by Crippen LogP contribution is 2.34. The van der Waals surface area contributed by atoms with E-state index < -0.39 is 0 Å². The predicted octanol–water partition coefficient (Wildman–Crippen LogP) is 5.29. The molecule has 3 aromatic rings. The quantitative estimate of drug-likeness (QED) is 0.609. The normalized spacial score (nSPS) is 16.6. The van der Waals surface area contributed by atoms with Gasteiger partial charge < -0.3 is 0 Å². The van der Waals surface area contributed by atoms with Crippen molar-refractivity contribution in [3.63, 3.8) is 0 Å². The van der Waals surface area contributed by atoms with Gasteiger partial charge in [-0.05, 0) is 56.7 Å². The Morgan fingerprint density at radius 3 is 2.79 bits per heavy atom. The molecule has 3 heterocycles. The Bertz CT molecular complexity index is 1050. The summed E-state index contributed by atoms with van der Waals surface area (Å²) in [5.41, 5.74) is 5.80. The molecule has 0 bridgehead atoms. The van der Waals surface area contributed by atoms with Crippen LogP contribution in [0.15, 0.2) is 51.3 Å². The Labute approximate surface area is 177 Å². The maximum atomic E-state index is 6.14. The first-order chi connectivity index (χ1) is 13.5. The second kappa shape index (κ2) is 8.21. The molecule has 1 N–H and O–H groups in total. The molecule has 1 aliphatic heterocycles. The van der Waals surface area contributed by atoms with Crippen LogP contribution in [0.25, 0.3) is 0 Å². The molecule has 5 nitrogen and oxygen atoms in total. The molecule has 4 rings (SSSR count). The number of rotatable bonds is 4. The van der Waals surface area contributed by atoms with E-state index in [1.165, 1.54) is 21.5 Å². The highest BCUT2D eigenvalue weighted by atomic mass is 35.5. The van der Waals surface area contributed by atoms with Crippen molar-refractivity contribution in [3.05, 3.63) is 68.0 Å². The first kappa shape index (κ1) is 19.4. The molecule has 144 valence electrons. The van der Waals surface area contributed by atoms with Gasteiger partial charge >= 0.3 is 0 Å². The highest BCUT2D eigenvalue weighted by Gasteiger charge is 2.24. The number of nitrogens with one attached hydrogen (secondary N) is 1. The van der Waals surface area contributed by atoms with Gasteiger partial charge in [0.25, 0.3) is 0 Å². The van der Waals surface area contributed by atoms with Crippen LogP contribution in [-0.4, -0.2) is 22.6 Å². The molecule has 2 aromatic heterocycles. The van der Waals surface area contributed by atoms with Crippen LogP contribution in [0, 0.1) is 20.8 Å². The maximum Gasteiger partial charge on any atom is 0.156 e. The Morgan fingerprint density at radius 2 is 2.04 bits per heavy atom. The summed E-state index contributed by atoms with van der Waals surface area (Å²) < 4.78 is 0. The minimum absolute atomic E-state index is 0.0353. The minimum atomic E-state index is -0.0353. The zero-order chi connectivity index (χ0) is 19.7. The summed E-state index contributed by atoms with van der Waals surface area (Å²) >= 11 is 9.40. The lowest BCUT2D eigenvalue weighted by molar-refractivity contribution is 0.0627. The third-order valence-electron chi connectivity index (χ3n) is 4.45. The molecule has 0 amide bonds. The molecule has 0 aliphatic carbocycles. The number of aliphatic imine (C=N–C) groups is 1. The summed E-state index contributed by atoms with van der Waals surface area (Å²) in [6, 6.07) is 11.9. The van der Waals surface area contributed by atoms with E-state index in [1.807, 2.05) is 38.1 Å². The van der Waals surface area contributed by atoms with E-state index in [-0.39, 0.29) is 6.04 Å². The largest absolute Gasteiger partial charge is 0.272 e. The molecule has 0 spiro atoms. The second-order valence-corrected chi connectivity index (χ2v) is 9.32. The second-order valence-electron chi connectivity index (χ2n) is 6.50. The molecule has 0 saturated carbocycles. The number of thiophene rings is 1. The number of hydroxylamine groups is 1. The van der Waals surface area contributed by atoms with E-state index >= 15 is 0 Å². The van der Waals surface area contributed by atoms with Crippen molar-refractivity contribution in [2.24, 2.45) is 4.99 Å². The standard InChI is InChI=1S/C20H19ClN4OS2/c1-11-7-8-17(27-11)16-10-26-25-19(22-16)18-12(2)13(3)23-24-20(18)28-15-6-4-5-14(21)9-15/h4-9,16H,10H2,1-3H3,(H,22,25)/t16-/m0/s1. The minimum Gasteiger partial charge on any atom is -0.272 e. The SMILES string of the molecule is Cc1ccc([C@@H]2CONC(c3c(Sc4cccc(Cl)c4)nnc(C)c3C)=N2)s1. The van der Waals surface area contributed by atoms with E-state index in [9.17, 15) is 0 Å². The van der Waals surface area contributed by atoms with Crippen molar-refractivity contribution in [2.75, 3.05) is 6.61 Å². The molecule has 0 saturated heterocycles. The number of benzene rings is 1. The van der Waals surface area contributed by atoms with Gasteiger partial charge in [-0.15, -0.1) is 16.4 Å². The first-order valence-corrected chi connectivity index (χ1v) is 10.8. The Kier molecular flexibility index (Phi) is 5.68. The van der Waals surface area contributed by atoms with Gasteiger partial charge in [-0.1, -0.05) is 29.4 Å². The van der Waals surface area contributed by atoms with Crippen molar-refractivity contribution in [2.45, 2.75) is 36.7 Å². The summed E-state index contributed by atoms with van der Waals surface area (Å²) in [5.74, 6) is 0.683. The summed E-state index contributed by atoms with van der Waals surface area (Å²) in [7, 11) is 0. The fourth-order valence-corrected chi connectivity index (χ4v) is 5.03. The lowest BCUT2D eigenvalue weighted by Gasteiger charge is -2.23. The van der Waals surface area contributed by atoms with Crippen molar-refractivity contribution < 1.29 is 4.84 Å². The summed E-state index contributed by atoms with van der Waals surface area (Å²) in [6.07, 6.45) is 0. The fraction of sp³-hybridized carbons (Fsp3) is 0.250. The van der Waals surface area contributed by atoms with Crippen molar-refractivity contribution in [1.82, 2.24) is 15.7 Å². The summed E-state index contributed by atoms with van der Waals surface area (Å²) in [6.45, 7) is 6.58. The number of hydrogen-bond donors (Lipinski definition) is 1. The van der Waals surface area contributed by atoms with E-state index in [0.717, 1.165) is 26.7 Å². The molecular weight excluding hydrogens is 412 g/mol. The Hall–Kier alpha value is -1.93. The number of hydrogen-bond acceptors (Lipinski definition) is 7. The topological polar surface area (TPSA) is 59.4 Å². The van der Waals surface area contributed by atoms with E-state index in [4.69, 9.17) is 21.4 Å². The third-order valence-corrected chi connectivity index (χ3v) is 6.76. The average Bonchev–Trinajstić information content (AvgIpc) is 3.12. The van der Waals surface area contributed by atoms with Crippen LogP contribution in [0.3, 0.4) is 0 Å². The van der Waals surface area contributed by atoms with Gasteiger partial charge in [0.1, 0.15) is 17.7 Å². The Balaban J connectivity index is 1.75. The zero-order valence-electron chi connectivity index (χ0n) is 15.7. The van der Waals surface area contributed by atoms with Crippen LogP contribution < -0.4 is 5.48 Å². The molecule has 1 atom stereocenters.